The third kappa shape index (κ3) is 5.98. The SMILES string of the molecule is CC(C)(C)CNc1ncnc2c(Cl)cc(NC(c3cn(CC(=O)O)nn3)c3ccccc3Cl)cc12. The van der Waals surface area contributed by atoms with Crippen LogP contribution in [0.15, 0.2) is 48.9 Å². The van der Waals surface area contributed by atoms with Gasteiger partial charge in [-0.1, -0.05) is 67.4 Å². The molecule has 0 saturated heterocycles. The molecule has 182 valence electrons. The molecule has 35 heavy (non-hydrogen) atoms. The monoisotopic (exact) mass is 513 g/mol. The lowest BCUT2D eigenvalue weighted by molar-refractivity contribution is -0.137. The van der Waals surface area contributed by atoms with Crippen LogP contribution in [0, 0.1) is 5.41 Å². The van der Waals surface area contributed by atoms with Crippen molar-refractivity contribution in [2.45, 2.75) is 33.4 Å². The van der Waals surface area contributed by atoms with Crippen molar-refractivity contribution in [1.29, 1.82) is 0 Å². The van der Waals surface area contributed by atoms with E-state index in [0.717, 1.165) is 10.9 Å². The summed E-state index contributed by atoms with van der Waals surface area (Å²) >= 11 is 13.1. The van der Waals surface area contributed by atoms with Crippen LogP contribution in [0.1, 0.15) is 38.1 Å². The molecule has 0 fully saturated rings. The summed E-state index contributed by atoms with van der Waals surface area (Å²) in [5.74, 6) is -0.336. The fraction of sp³-hybridized carbons (Fsp3) is 0.292. The topological polar surface area (TPSA) is 118 Å². The van der Waals surface area contributed by atoms with Crippen molar-refractivity contribution in [2.24, 2.45) is 5.41 Å². The molecule has 9 nitrogen and oxygen atoms in total. The molecule has 0 spiro atoms. The van der Waals surface area contributed by atoms with E-state index in [1.165, 1.54) is 11.0 Å². The molecule has 0 bridgehead atoms. The molecular weight excluding hydrogens is 489 g/mol. The lowest BCUT2D eigenvalue weighted by Crippen LogP contribution is -2.19. The summed E-state index contributed by atoms with van der Waals surface area (Å²) in [6.07, 6.45) is 3.07. The molecule has 11 heteroatoms. The number of aliphatic carboxylic acids is 1. The fourth-order valence-corrected chi connectivity index (χ4v) is 4.06. The number of hydrogen-bond donors (Lipinski definition) is 3. The molecule has 0 aliphatic carbocycles. The summed E-state index contributed by atoms with van der Waals surface area (Å²) in [5, 5.41) is 25.8. The first kappa shape index (κ1) is 24.7. The molecule has 2 aromatic heterocycles. The van der Waals surface area contributed by atoms with Crippen LogP contribution in [0.3, 0.4) is 0 Å². The number of hydrogen-bond acceptors (Lipinski definition) is 7. The van der Waals surface area contributed by atoms with Crippen molar-refractivity contribution in [3.8, 4) is 0 Å². The Balaban J connectivity index is 1.75. The van der Waals surface area contributed by atoms with Gasteiger partial charge in [0.15, 0.2) is 0 Å². The van der Waals surface area contributed by atoms with E-state index in [1.807, 2.05) is 24.3 Å². The molecule has 1 atom stereocenters. The number of anilines is 2. The average Bonchev–Trinajstić information content (AvgIpc) is 3.24. The van der Waals surface area contributed by atoms with Crippen molar-refractivity contribution in [1.82, 2.24) is 25.0 Å². The van der Waals surface area contributed by atoms with Crippen LogP contribution in [-0.2, 0) is 11.3 Å². The van der Waals surface area contributed by atoms with E-state index in [9.17, 15) is 4.79 Å². The maximum atomic E-state index is 11.1. The lowest BCUT2D eigenvalue weighted by atomic mass is 9.97. The molecule has 0 aliphatic heterocycles. The standard InChI is InChI=1S/C24H25Cl2N7O2/c1-24(2,3)12-27-23-16-8-14(9-18(26)21(16)28-13-29-23)30-22(15-6-4-5-7-17(15)25)19-10-33(32-31-19)11-20(34)35/h4-10,13,22,30H,11-12H2,1-3H3,(H,34,35)(H,27,28,29). The number of carboxylic acids is 1. The molecule has 0 saturated carbocycles. The Morgan fingerprint density at radius 3 is 2.63 bits per heavy atom. The molecular formula is C24H25Cl2N7O2. The minimum absolute atomic E-state index is 0.0495. The van der Waals surface area contributed by atoms with Crippen molar-refractivity contribution in [3.05, 3.63) is 70.2 Å². The van der Waals surface area contributed by atoms with E-state index in [2.05, 4.69) is 51.7 Å². The summed E-state index contributed by atoms with van der Waals surface area (Å²) in [6, 6.07) is 10.5. The molecule has 4 rings (SSSR count). The quantitative estimate of drug-likeness (QED) is 0.291. The molecule has 0 amide bonds. The third-order valence-corrected chi connectivity index (χ3v) is 5.79. The van der Waals surface area contributed by atoms with Gasteiger partial charge in [0.1, 0.15) is 24.4 Å². The smallest absolute Gasteiger partial charge is 0.325 e. The summed E-state index contributed by atoms with van der Waals surface area (Å²) in [4.78, 5) is 19.9. The number of carbonyl (C=O) groups is 1. The highest BCUT2D eigenvalue weighted by Crippen LogP contribution is 2.35. The number of carboxylic acid groups (broad SMARTS) is 1. The average molecular weight is 514 g/mol. The van der Waals surface area contributed by atoms with Crippen molar-refractivity contribution in [2.75, 3.05) is 17.2 Å². The predicted octanol–water partition coefficient (Wildman–Crippen LogP) is 5.27. The Bertz CT molecular complexity index is 1370. The molecule has 1 unspecified atom stereocenters. The van der Waals surface area contributed by atoms with E-state index in [4.69, 9.17) is 28.3 Å². The first-order valence-corrected chi connectivity index (χ1v) is 11.7. The second-order valence-corrected chi connectivity index (χ2v) is 10.1. The van der Waals surface area contributed by atoms with Gasteiger partial charge in [-0.15, -0.1) is 5.10 Å². The molecule has 2 heterocycles. The number of benzene rings is 2. The Kier molecular flexibility index (Phi) is 7.09. The number of nitrogens with one attached hydrogen (secondary N) is 2. The minimum Gasteiger partial charge on any atom is -0.480 e. The molecule has 2 aromatic carbocycles. The summed E-state index contributed by atoms with van der Waals surface area (Å²) in [5.41, 5.74) is 2.63. The zero-order valence-corrected chi connectivity index (χ0v) is 21.0. The Morgan fingerprint density at radius 2 is 1.91 bits per heavy atom. The number of nitrogens with zero attached hydrogens (tertiary/aromatic N) is 5. The van der Waals surface area contributed by atoms with Crippen LogP contribution in [0.5, 0.6) is 0 Å². The highest BCUT2D eigenvalue weighted by molar-refractivity contribution is 6.35. The van der Waals surface area contributed by atoms with Crippen LogP contribution < -0.4 is 10.6 Å². The van der Waals surface area contributed by atoms with Gasteiger partial charge in [-0.05, 0) is 29.2 Å². The maximum Gasteiger partial charge on any atom is 0.325 e. The van der Waals surface area contributed by atoms with Gasteiger partial charge in [-0.25, -0.2) is 14.6 Å². The van der Waals surface area contributed by atoms with E-state index in [1.54, 1.807) is 18.3 Å². The summed E-state index contributed by atoms with van der Waals surface area (Å²) in [6.45, 7) is 6.81. The Morgan fingerprint density at radius 1 is 1.14 bits per heavy atom. The Hall–Kier alpha value is -3.43. The molecule has 3 N–H and O–H groups in total. The number of aromatic nitrogens is 5. The van der Waals surface area contributed by atoms with Gasteiger partial charge in [-0.3, -0.25) is 4.79 Å². The van der Waals surface area contributed by atoms with Crippen LogP contribution >= 0.6 is 23.2 Å². The van der Waals surface area contributed by atoms with Gasteiger partial charge >= 0.3 is 5.97 Å². The fourth-order valence-electron chi connectivity index (χ4n) is 3.55. The molecule has 4 aromatic rings. The molecule has 0 radical (unpaired) electrons. The van der Waals surface area contributed by atoms with Crippen LogP contribution in [0.4, 0.5) is 11.5 Å². The van der Waals surface area contributed by atoms with E-state index >= 15 is 0 Å². The van der Waals surface area contributed by atoms with E-state index in [-0.39, 0.29) is 12.0 Å². The van der Waals surface area contributed by atoms with Gasteiger partial charge in [0.2, 0.25) is 0 Å². The number of halogens is 2. The lowest BCUT2D eigenvalue weighted by Gasteiger charge is -2.21. The zero-order valence-electron chi connectivity index (χ0n) is 19.5. The maximum absolute atomic E-state index is 11.1. The van der Waals surface area contributed by atoms with Crippen LogP contribution in [-0.4, -0.2) is 42.6 Å². The third-order valence-electron chi connectivity index (χ3n) is 5.15. The van der Waals surface area contributed by atoms with Crippen molar-refractivity contribution in [3.63, 3.8) is 0 Å². The van der Waals surface area contributed by atoms with Crippen LogP contribution in [0.2, 0.25) is 10.0 Å². The largest absolute Gasteiger partial charge is 0.480 e. The van der Waals surface area contributed by atoms with Gasteiger partial charge in [-0.2, -0.15) is 0 Å². The summed E-state index contributed by atoms with van der Waals surface area (Å²) < 4.78 is 1.26. The van der Waals surface area contributed by atoms with E-state index < -0.39 is 12.0 Å². The van der Waals surface area contributed by atoms with Gasteiger partial charge in [0, 0.05) is 22.6 Å². The number of fused-ring (bicyclic) bond motifs is 1. The first-order valence-electron chi connectivity index (χ1n) is 10.9. The van der Waals surface area contributed by atoms with Gasteiger partial charge in [0.25, 0.3) is 0 Å². The van der Waals surface area contributed by atoms with E-state index in [0.29, 0.717) is 39.3 Å². The van der Waals surface area contributed by atoms with Gasteiger partial charge < -0.3 is 15.7 Å². The highest BCUT2D eigenvalue weighted by atomic mass is 35.5. The number of rotatable bonds is 8. The zero-order chi connectivity index (χ0) is 25.2. The van der Waals surface area contributed by atoms with Gasteiger partial charge in [0.05, 0.1) is 22.8 Å². The summed E-state index contributed by atoms with van der Waals surface area (Å²) in [7, 11) is 0. The second-order valence-electron chi connectivity index (χ2n) is 9.32. The van der Waals surface area contributed by atoms with Crippen LogP contribution in [0.25, 0.3) is 10.9 Å². The van der Waals surface area contributed by atoms with Crippen molar-refractivity contribution >= 4 is 51.6 Å². The Labute approximate surface area is 212 Å². The first-order chi connectivity index (χ1) is 16.6. The second kappa shape index (κ2) is 10.1. The highest BCUT2D eigenvalue weighted by Gasteiger charge is 2.22. The predicted molar refractivity (Wildman–Crippen MR) is 137 cm³/mol. The van der Waals surface area contributed by atoms with Crippen molar-refractivity contribution < 1.29 is 9.90 Å². The minimum atomic E-state index is -1.01. The molecule has 0 aliphatic rings. The normalized spacial score (nSPS) is 12.5.